The van der Waals surface area contributed by atoms with Crippen molar-refractivity contribution in [2.24, 2.45) is 0 Å². The highest BCUT2D eigenvalue weighted by Gasteiger charge is 2.30. The van der Waals surface area contributed by atoms with Crippen LogP contribution in [-0.2, 0) is 77.8 Å². The zero-order chi connectivity index (χ0) is 65.5. The molecular formula is C68H91F3N6O14. The second-order valence-electron chi connectivity index (χ2n) is 21.2. The van der Waals surface area contributed by atoms with E-state index in [1.807, 2.05) is 50.2 Å². The van der Waals surface area contributed by atoms with E-state index >= 15 is 0 Å². The molecule has 0 spiro atoms. The van der Waals surface area contributed by atoms with Crippen molar-refractivity contribution in [3.63, 3.8) is 0 Å². The van der Waals surface area contributed by atoms with Gasteiger partial charge in [0.25, 0.3) is 11.8 Å². The lowest BCUT2D eigenvalue weighted by molar-refractivity contribution is -0.139. The van der Waals surface area contributed by atoms with Crippen LogP contribution in [0.3, 0.4) is 0 Å². The van der Waals surface area contributed by atoms with Crippen molar-refractivity contribution in [2.75, 3.05) is 155 Å². The summed E-state index contributed by atoms with van der Waals surface area (Å²) in [6.45, 7) is 18.6. The molecule has 3 N–H and O–H groups in total. The van der Waals surface area contributed by atoms with Crippen LogP contribution in [0.15, 0.2) is 109 Å². The van der Waals surface area contributed by atoms with Gasteiger partial charge < -0.3 is 68.3 Å². The van der Waals surface area contributed by atoms with Crippen molar-refractivity contribution in [3.8, 4) is 11.3 Å². The maximum absolute atomic E-state index is 13.7. The smallest absolute Gasteiger partial charge is 0.416 e. The van der Waals surface area contributed by atoms with Gasteiger partial charge in [0.05, 0.1) is 122 Å². The number of anilines is 2. The molecule has 498 valence electrons. The van der Waals surface area contributed by atoms with E-state index in [1.54, 1.807) is 21.9 Å². The molecule has 4 amide bonds. The minimum absolute atomic E-state index is 0.0219. The molecule has 91 heavy (non-hydrogen) atoms. The number of nitrogens with one attached hydrogen (secondary N) is 2. The number of halogens is 3. The highest BCUT2D eigenvalue weighted by atomic mass is 19.4. The van der Waals surface area contributed by atoms with Crippen molar-refractivity contribution in [2.45, 2.75) is 78.9 Å². The number of aryl methyl sites for hydroxylation is 3. The molecule has 0 aliphatic carbocycles. The first-order chi connectivity index (χ1) is 44.0. The summed E-state index contributed by atoms with van der Waals surface area (Å²) in [5.41, 5.74) is 6.28. The predicted octanol–water partition coefficient (Wildman–Crippen LogP) is 9.34. The first-order valence-electron chi connectivity index (χ1n) is 31.2. The second-order valence-corrected chi connectivity index (χ2v) is 21.2. The van der Waals surface area contributed by atoms with Gasteiger partial charge in [0.15, 0.2) is 0 Å². The molecule has 0 bridgehead atoms. The molecule has 5 aromatic rings. The number of benzene rings is 4. The van der Waals surface area contributed by atoms with E-state index < -0.39 is 23.6 Å². The monoisotopic (exact) mass is 1270 g/mol. The Hall–Kier alpha value is -7.35. The Labute approximate surface area is 532 Å². The van der Waals surface area contributed by atoms with Crippen molar-refractivity contribution < 1.29 is 80.1 Å². The number of aliphatic carboxylic acids is 1. The summed E-state index contributed by atoms with van der Waals surface area (Å²) < 4.78 is 83.5. The SMILES string of the molecule is CCN(CC)c1ccc(NC(=O)c2cccc(CCCOCCOCCOCCOCCC(=O)N3CCN(C(C)=O)CC3)c2)c(-c2cc(C(=O)NCc3cccc(C(F)(F)F)c3)ccn2)c1.Cc1cccc(CCCOCCOCCOCCOCCC(=O)O)c1. The predicted molar refractivity (Wildman–Crippen MR) is 340 cm³/mol. The molecule has 1 aromatic heterocycles. The summed E-state index contributed by atoms with van der Waals surface area (Å²) in [6.07, 6.45) is 0.785. The zero-order valence-corrected chi connectivity index (χ0v) is 53.1. The van der Waals surface area contributed by atoms with Crippen LogP contribution in [-0.4, -0.2) is 194 Å². The lowest BCUT2D eigenvalue weighted by Gasteiger charge is -2.34. The van der Waals surface area contributed by atoms with Crippen LogP contribution in [0.5, 0.6) is 0 Å². The molecule has 6 rings (SSSR count). The summed E-state index contributed by atoms with van der Waals surface area (Å²) in [7, 11) is 0. The fourth-order valence-corrected chi connectivity index (χ4v) is 9.46. The molecule has 1 saturated heterocycles. The molecule has 1 aliphatic heterocycles. The number of amides is 4. The van der Waals surface area contributed by atoms with E-state index in [9.17, 15) is 37.1 Å². The number of rotatable bonds is 41. The van der Waals surface area contributed by atoms with E-state index in [0.717, 1.165) is 62.3 Å². The summed E-state index contributed by atoms with van der Waals surface area (Å²) in [5, 5.41) is 14.2. The van der Waals surface area contributed by atoms with Gasteiger partial charge >= 0.3 is 12.1 Å². The summed E-state index contributed by atoms with van der Waals surface area (Å²) in [4.78, 5) is 71.2. The number of carbonyl (C=O) groups excluding carboxylic acids is 4. The Kier molecular flexibility index (Phi) is 34.9. The quantitative estimate of drug-likeness (QED) is 0.0310. The minimum atomic E-state index is -4.50. The maximum atomic E-state index is 13.7. The summed E-state index contributed by atoms with van der Waals surface area (Å²) in [5.74, 6) is -1.60. The van der Waals surface area contributed by atoms with Crippen molar-refractivity contribution >= 4 is 41.0 Å². The second kappa shape index (κ2) is 42.7. The normalized spacial score (nSPS) is 12.3. The fourth-order valence-electron chi connectivity index (χ4n) is 9.46. The van der Waals surface area contributed by atoms with Crippen molar-refractivity contribution in [1.82, 2.24) is 20.1 Å². The number of aromatic nitrogens is 1. The third kappa shape index (κ3) is 29.7. The molecular weight excluding hydrogens is 1180 g/mol. The van der Waals surface area contributed by atoms with Gasteiger partial charge in [-0.05, 0) is 118 Å². The minimum Gasteiger partial charge on any atom is -0.481 e. The number of carboxylic acids is 1. The summed E-state index contributed by atoms with van der Waals surface area (Å²) in [6, 6.07) is 29.5. The Balaban J connectivity index is 0.000000503. The van der Waals surface area contributed by atoms with Gasteiger partial charge in [0, 0.05) is 94.5 Å². The van der Waals surface area contributed by atoms with E-state index in [0.29, 0.717) is 160 Å². The van der Waals surface area contributed by atoms with E-state index in [2.05, 4.69) is 51.7 Å². The molecule has 23 heteroatoms. The molecule has 1 fully saturated rings. The van der Waals surface area contributed by atoms with Gasteiger partial charge in [-0.25, -0.2) is 0 Å². The lowest BCUT2D eigenvalue weighted by atomic mass is 10.0. The molecule has 0 radical (unpaired) electrons. The first kappa shape index (κ1) is 74.4. The summed E-state index contributed by atoms with van der Waals surface area (Å²) >= 11 is 0. The lowest BCUT2D eigenvalue weighted by Crippen LogP contribution is -2.50. The molecule has 2 heterocycles. The zero-order valence-electron chi connectivity index (χ0n) is 53.1. The molecule has 0 saturated carbocycles. The molecule has 4 aromatic carbocycles. The van der Waals surface area contributed by atoms with Crippen LogP contribution in [0.1, 0.15) is 95.0 Å². The Morgan fingerprint density at radius 1 is 0.560 bits per heavy atom. The number of hydrogen-bond acceptors (Lipinski definition) is 15. The Morgan fingerprint density at radius 2 is 1.07 bits per heavy atom. The number of hydrogen-bond donors (Lipinski definition) is 3. The average molecular weight is 1270 g/mol. The highest BCUT2D eigenvalue weighted by Crippen LogP contribution is 2.33. The van der Waals surface area contributed by atoms with Crippen LogP contribution in [0.25, 0.3) is 11.3 Å². The number of alkyl halides is 3. The van der Waals surface area contributed by atoms with Gasteiger partial charge in [0.1, 0.15) is 0 Å². The van der Waals surface area contributed by atoms with Crippen LogP contribution < -0.4 is 15.5 Å². The Morgan fingerprint density at radius 3 is 1.62 bits per heavy atom. The van der Waals surface area contributed by atoms with Gasteiger partial charge in [-0.2, -0.15) is 13.2 Å². The van der Waals surface area contributed by atoms with Crippen molar-refractivity contribution in [1.29, 1.82) is 0 Å². The molecule has 0 atom stereocenters. The van der Waals surface area contributed by atoms with Crippen LogP contribution in [0.2, 0.25) is 0 Å². The number of piperazine rings is 1. The first-order valence-corrected chi connectivity index (χ1v) is 31.2. The number of carbonyl (C=O) groups is 5. The number of nitrogens with zero attached hydrogens (tertiary/aromatic N) is 4. The van der Waals surface area contributed by atoms with Gasteiger partial charge in [0.2, 0.25) is 11.8 Å². The van der Waals surface area contributed by atoms with Crippen LogP contribution in [0.4, 0.5) is 24.5 Å². The standard InChI is InChI=1S/C49H61F3N6O8.C19H30O6/c1-4-56(5-2)42-14-15-44(43(34-42)45-33-40(16-18-53-45)47(61)54-35-38-10-7-13-41(32-38)49(50,51)52)55-48(62)39-12-6-9-37(31-39)11-8-23-63-25-27-65-29-30-66-28-26-64-24-17-46(60)58-21-19-57(20-22-58)36(3)59;1-17-4-2-5-18(16-17)6-3-8-22-10-12-24-14-15-25-13-11-23-9-7-19(20)21/h6-7,9-10,12-16,18,31-34H,4-5,8,11,17,19-30,35H2,1-3H3,(H,54,61)(H,55,62);2,4-5,16H,3,6-15H2,1H3,(H,20,21). The fraction of sp³-hybridized carbons (Fsp3) is 0.500. The van der Waals surface area contributed by atoms with E-state index in [-0.39, 0.29) is 42.9 Å². The van der Waals surface area contributed by atoms with Gasteiger partial charge in [-0.15, -0.1) is 0 Å². The molecule has 1 aliphatic rings. The van der Waals surface area contributed by atoms with Gasteiger partial charge in [-0.3, -0.25) is 29.0 Å². The molecule has 20 nitrogen and oxygen atoms in total. The Bertz CT molecular complexity index is 2960. The highest BCUT2D eigenvalue weighted by molar-refractivity contribution is 6.06. The van der Waals surface area contributed by atoms with E-state index in [1.165, 1.54) is 42.4 Å². The third-order valence-electron chi connectivity index (χ3n) is 14.4. The average Bonchev–Trinajstić information content (AvgIpc) is 1.34. The van der Waals surface area contributed by atoms with Crippen molar-refractivity contribution in [3.05, 3.63) is 148 Å². The topological polar surface area (TPSA) is 226 Å². The largest absolute Gasteiger partial charge is 0.481 e. The molecule has 0 unspecified atom stereocenters. The van der Waals surface area contributed by atoms with Crippen LogP contribution in [0, 0.1) is 6.92 Å². The maximum Gasteiger partial charge on any atom is 0.416 e. The third-order valence-corrected chi connectivity index (χ3v) is 14.4. The van der Waals surface area contributed by atoms with Crippen LogP contribution >= 0.6 is 0 Å². The number of pyridine rings is 1. The van der Waals surface area contributed by atoms with E-state index in [4.69, 9.17) is 43.0 Å². The van der Waals surface area contributed by atoms with Gasteiger partial charge in [-0.1, -0.05) is 54.1 Å². The number of ether oxygens (including phenoxy) is 8. The number of carboxylic acid groups (broad SMARTS) is 1.